The van der Waals surface area contributed by atoms with Gasteiger partial charge in [0.15, 0.2) is 0 Å². The van der Waals surface area contributed by atoms with Crippen molar-refractivity contribution in [2.45, 2.75) is 46.0 Å². The second-order valence-corrected chi connectivity index (χ2v) is 3.82. The molecule has 0 fully saturated rings. The first-order chi connectivity index (χ1) is 7.31. The van der Waals surface area contributed by atoms with Gasteiger partial charge in [-0.3, -0.25) is 0 Å². The number of nitrogens with zero attached hydrogens (tertiary/aromatic N) is 1. The molecule has 1 atom stereocenters. The van der Waals surface area contributed by atoms with Crippen molar-refractivity contribution in [2.75, 3.05) is 0 Å². The molecule has 0 aromatic heterocycles. The molecule has 1 aromatic rings. The number of fused-ring (bicyclic) bond motifs is 1. The summed E-state index contributed by atoms with van der Waals surface area (Å²) in [5.41, 5.74) is 3.64. The number of hydrogen-bond acceptors (Lipinski definition) is 1. The lowest BCUT2D eigenvalue weighted by Gasteiger charge is -2.21. The fraction of sp³-hybridized carbons (Fsp3) is 0.500. The van der Waals surface area contributed by atoms with Gasteiger partial charge in [-0.1, -0.05) is 26.8 Å². The summed E-state index contributed by atoms with van der Waals surface area (Å²) in [4.78, 5) is 0. The summed E-state index contributed by atoms with van der Waals surface area (Å²) < 4.78 is 0. The Morgan fingerprint density at radius 3 is 2.73 bits per heavy atom. The SMILES string of the molecule is CC.CC1CCCc2cc(C#N)ccc21. The Bertz CT molecular complexity index is 360. The highest BCUT2D eigenvalue weighted by Gasteiger charge is 2.15. The third kappa shape index (κ3) is 2.59. The lowest BCUT2D eigenvalue weighted by atomic mass is 9.83. The van der Waals surface area contributed by atoms with E-state index in [1.807, 2.05) is 26.0 Å². The van der Waals surface area contributed by atoms with Crippen molar-refractivity contribution in [3.05, 3.63) is 34.9 Å². The summed E-state index contributed by atoms with van der Waals surface area (Å²) in [6.45, 7) is 6.27. The fourth-order valence-corrected chi connectivity index (χ4v) is 2.13. The van der Waals surface area contributed by atoms with E-state index in [9.17, 15) is 0 Å². The predicted octanol–water partition coefficient (Wildman–Crippen LogP) is 4.02. The molecule has 0 radical (unpaired) electrons. The van der Waals surface area contributed by atoms with Crippen molar-refractivity contribution in [3.8, 4) is 6.07 Å². The van der Waals surface area contributed by atoms with E-state index in [-0.39, 0.29) is 0 Å². The van der Waals surface area contributed by atoms with E-state index in [0.29, 0.717) is 5.92 Å². The van der Waals surface area contributed by atoms with Crippen LogP contribution in [0.2, 0.25) is 0 Å². The van der Waals surface area contributed by atoms with Gasteiger partial charge in [0.2, 0.25) is 0 Å². The molecule has 0 saturated heterocycles. The number of benzene rings is 1. The maximum atomic E-state index is 8.76. The number of hydrogen-bond donors (Lipinski definition) is 0. The molecule has 0 heterocycles. The Morgan fingerprint density at radius 1 is 1.33 bits per heavy atom. The van der Waals surface area contributed by atoms with Crippen molar-refractivity contribution in [1.29, 1.82) is 5.26 Å². The minimum absolute atomic E-state index is 0.677. The molecule has 0 N–H and O–H groups in total. The van der Waals surface area contributed by atoms with Crippen LogP contribution in [0.4, 0.5) is 0 Å². The van der Waals surface area contributed by atoms with Gasteiger partial charge in [-0.15, -0.1) is 0 Å². The number of rotatable bonds is 0. The predicted molar refractivity (Wildman–Crippen MR) is 63.9 cm³/mol. The third-order valence-corrected chi connectivity index (χ3v) is 2.89. The fourth-order valence-electron chi connectivity index (χ4n) is 2.13. The van der Waals surface area contributed by atoms with Crippen LogP contribution in [-0.2, 0) is 6.42 Å². The van der Waals surface area contributed by atoms with Crippen LogP contribution >= 0.6 is 0 Å². The molecule has 15 heavy (non-hydrogen) atoms. The maximum Gasteiger partial charge on any atom is 0.0991 e. The Morgan fingerprint density at radius 2 is 2.07 bits per heavy atom. The van der Waals surface area contributed by atoms with Crippen LogP contribution in [0.5, 0.6) is 0 Å². The molecular formula is C14H19N. The van der Waals surface area contributed by atoms with Crippen LogP contribution in [0.15, 0.2) is 18.2 Å². The number of nitriles is 1. The average molecular weight is 201 g/mol. The first-order valence-corrected chi connectivity index (χ1v) is 5.84. The van der Waals surface area contributed by atoms with Crippen molar-refractivity contribution >= 4 is 0 Å². The van der Waals surface area contributed by atoms with Gasteiger partial charge in [0.25, 0.3) is 0 Å². The molecule has 0 spiro atoms. The second kappa shape index (κ2) is 5.56. The van der Waals surface area contributed by atoms with E-state index >= 15 is 0 Å². The van der Waals surface area contributed by atoms with Gasteiger partial charge >= 0.3 is 0 Å². The molecular weight excluding hydrogens is 182 g/mol. The summed E-state index contributed by atoms with van der Waals surface area (Å²) in [5, 5.41) is 8.76. The van der Waals surface area contributed by atoms with Crippen LogP contribution in [0.3, 0.4) is 0 Å². The van der Waals surface area contributed by atoms with Gasteiger partial charge in [-0.05, 0) is 48.4 Å². The molecule has 80 valence electrons. The molecule has 1 aliphatic carbocycles. The Balaban J connectivity index is 0.000000531. The summed E-state index contributed by atoms with van der Waals surface area (Å²) in [6, 6.07) is 8.29. The first-order valence-electron chi connectivity index (χ1n) is 5.84. The molecule has 0 aliphatic heterocycles. The van der Waals surface area contributed by atoms with E-state index in [1.165, 1.54) is 24.0 Å². The van der Waals surface area contributed by atoms with Gasteiger partial charge in [0, 0.05) is 0 Å². The van der Waals surface area contributed by atoms with Crippen LogP contribution in [-0.4, -0.2) is 0 Å². The summed E-state index contributed by atoms with van der Waals surface area (Å²) in [5.74, 6) is 0.677. The molecule has 2 rings (SSSR count). The Hall–Kier alpha value is -1.29. The number of aryl methyl sites for hydroxylation is 1. The van der Waals surface area contributed by atoms with Crippen LogP contribution < -0.4 is 0 Å². The van der Waals surface area contributed by atoms with E-state index in [0.717, 1.165) is 12.0 Å². The molecule has 0 bridgehead atoms. The minimum Gasteiger partial charge on any atom is -0.192 e. The zero-order chi connectivity index (χ0) is 11.3. The van der Waals surface area contributed by atoms with Gasteiger partial charge in [0.1, 0.15) is 0 Å². The summed E-state index contributed by atoms with van der Waals surface area (Å²) in [6.07, 6.45) is 3.71. The molecule has 0 amide bonds. The molecule has 1 heteroatoms. The second-order valence-electron chi connectivity index (χ2n) is 3.82. The minimum atomic E-state index is 0.677. The van der Waals surface area contributed by atoms with Gasteiger partial charge in [-0.2, -0.15) is 5.26 Å². The van der Waals surface area contributed by atoms with Gasteiger partial charge < -0.3 is 0 Å². The molecule has 1 nitrogen and oxygen atoms in total. The first kappa shape index (κ1) is 11.8. The Kier molecular flexibility index (Phi) is 4.37. The highest BCUT2D eigenvalue weighted by molar-refractivity contribution is 5.40. The van der Waals surface area contributed by atoms with Crippen LogP contribution in [0.1, 0.15) is 56.2 Å². The third-order valence-electron chi connectivity index (χ3n) is 2.89. The topological polar surface area (TPSA) is 23.8 Å². The lowest BCUT2D eigenvalue weighted by Crippen LogP contribution is -2.06. The molecule has 1 aliphatic rings. The van der Waals surface area contributed by atoms with E-state index in [2.05, 4.69) is 19.1 Å². The highest BCUT2D eigenvalue weighted by atomic mass is 14.3. The summed E-state index contributed by atoms with van der Waals surface area (Å²) >= 11 is 0. The quantitative estimate of drug-likeness (QED) is 0.622. The maximum absolute atomic E-state index is 8.76. The monoisotopic (exact) mass is 201 g/mol. The van der Waals surface area contributed by atoms with E-state index in [1.54, 1.807) is 0 Å². The molecule has 1 unspecified atom stereocenters. The van der Waals surface area contributed by atoms with Gasteiger partial charge in [-0.25, -0.2) is 0 Å². The highest BCUT2D eigenvalue weighted by Crippen LogP contribution is 2.31. The molecule has 0 saturated carbocycles. The zero-order valence-electron chi connectivity index (χ0n) is 9.88. The van der Waals surface area contributed by atoms with Crippen molar-refractivity contribution in [2.24, 2.45) is 0 Å². The van der Waals surface area contributed by atoms with Crippen LogP contribution in [0.25, 0.3) is 0 Å². The van der Waals surface area contributed by atoms with Crippen molar-refractivity contribution in [3.63, 3.8) is 0 Å². The Labute approximate surface area is 92.7 Å². The summed E-state index contributed by atoms with van der Waals surface area (Å²) in [7, 11) is 0. The van der Waals surface area contributed by atoms with E-state index in [4.69, 9.17) is 5.26 Å². The molecule has 1 aromatic carbocycles. The van der Waals surface area contributed by atoms with Crippen molar-refractivity contribution < 1.29 is 0 Å². The average Bonchev–Trinajstić information content (AvgIpc) is 2.31. The van der Waals surface area contributed by atoms with E-state index < -0.39 is 0 Å². The van der Waals surface area contributed by atoms with Gasteiger partial charge in [0.05, 0.1) is 11.6 Å². The standard InChI is InChI=1S/C12H13N.C2H6/c1-9-3-2-4-11-7-10(8-13)5-6-12(9)11;1-2/h5-7,9H,2-4H2,1H3;1-2H3. The van der Waals surface area contributed by atoms with Crippen LogP contribution in [0, 0.1) is 11.3 Å². The normalized spacial score (nSPS) is 18.1. The zero-order valence-corrected chi connectivity index (χ0v) is 9.88. The smallest absolute Gasteiger partial charge is 0.0991 e. The van der Waals surface area contributed by atoms with Crippen molar-refractivity contribution in [1.82, 2.24) is 0 Å². The largest absolute Gasteiger partial charge is 0.192 e. The lowest BCUT2D eigenvalue weighted by molar-refractivity contribution is 0.590.